The second-order valence-corrected chi connectivity index (χ2v) is 19.3. The first-order chi connectivity index (χ1) is 32.1. The van der Waals surface area contributed by atoms with Gasteiger partial charge in [0.15, 0.2) is 5.84 Å². The molecule has 2 fully saturated rings. The number of pyridine rings is 1. The van der Waals surface area contributed by atoms with E-state index >= 15 is 0 Å². The summed E-state index contributed by atoms with van der Waals surface area (Å²) >= 11 is 4.44. The summed E-state index contributed by atoms with van der Waals surface area (Å²) in [6, 6.07) is 13.5. The van der Waals surface area contributed by atoms with E-state index in [1.165, 1.54) is 38.3 Å². The average Bonchev–Trinajstić information content (AvgIpc) is 3.28. The highest BCUT2D eigenvalue weighted by Gasteiger charge is 2.44. The molecule has 1 saturated heterocycles. The minimum Gasteiger partial charge on any atom is -0.444 e. The van der Waals surface area contributed by atoms with Gasteiger partial charge in [-0.3, -0.25) is 19.4 Å². The summed E-state index contributed by atoms with van der Waals surface area (Å²) in [4.78, 5) is 66.9. The number of amidine groups is 1. The quantitative estimate of drug-likeness (QED) is 0.0202. The molecule has 2 heterocycles. The summed E-state index contributed by atoms with van der Waals surface area (Å²) in [6.07, 6.45) is 7.41. The van der Waals surface area contributed by atoms with Gasteiger partial charge in [-0.25, -0.2) is 24.2 Å². The van der Waals surface area contributed by atoms with Gasteiger partial charge in [-0.2, -0.15) is 17.7 Å². The molecule has 372 valence electrons. The second-order valence-electron chi connectivity index (χ2n) is 18.7. The standard InChI is InChI=1S/C36H45F2N9O5S.C12H23NO2/c1-5-30(53)35(3,4)52-34(51)47-18-26(16-36(37,38)19-47)44-32(49)28-14-21(2)27(17-41-28)23-8-6-22(7-9-23)15-29(42-20-48)33(50)43-25-12-10-24(11-13-25)31(45-39)46-40;1-12(2,3)15-11(14)13-9-10-7-5-4-6-8-10/h6-14,17,20,26,29-30,53H,5,15-16,18-19,39-40H2,1-4H3,(H,42,48)(H,43,50)(H,44,49)(H,45,46);10H,4-9H2,1-3H3,(H,13,14)/t26?,29-,30?;/m0./s1. The summed E-state index contributed by atoms with van der Waals surface area (Å²) in [7, 11) is 0. The van der Waals surface area contributed by atoms with Crippen LogP contribution in [-0.4, -0.2) is 100 Å². The van der Waals surface area contributed by atoms with Crippen LogP contribution in [-0.2, 0) is 25.5 Å². The molecule has 2 aromatic carbocycles. The fourth-order valence-electron chi connectivity index (χ4n) is 7.86. The number of nitrogens with zero attached hydrogens (tertiary/aromatic N) is 3. The highest BCUT2D eigenvalue weighted by Crippen LogP contribution is 2.31. The number of carbonyl (C=O) groups is 5. The Labute approximate surface area is 403 Å². The molecule has 1 saturated carbocycles. The highest BCUT2D eigenvalue weighted by molar-refractivity contribution is 7.81. The Morgan fingerprint density at radius 3 is 2.25 bits per heavy atom. The van der Waals surface area contributed by atoms with E-state index in [2.05, 4.69) is 49.4 Å². The number of nitrogens with one attached hydrogen (secondary N) is 5. The zero-order valence-corrected chi connectivity index (χ0v) is 40.9. The number of aryl methyl sites for hydroxylation is 1. The number of carbonyl (C=O) groups excluding carboxylic acids is 5. The normalized spacial score (nSPS) is 17.2. The van der Waals surface area contributed by atoms with Gasteiger partial charge < -0.3 is 46.9 Å². The van der Waals surface area contributed by atoms with Crippen molar-refractivity contribution in [1.29, 1.82) is 0 Å². The summed E-state index contributed by atoms with van der Waals surface area (Å²) in [6.45, 7) is 12.5. The lowest BCUT2D eigenvalue weighted by molar-refractivity contribution is -0.121. The predicted molar refractivity (Wildman–Crippen MR) is 261 cm³/mol. The molecule has 3 aromatic rings. The van der Waals surface area contributed by atoms with E-state index in [9.17, 15) is 32.8 Å². The molecule has 20 heteroatoms. The summed E-state index contributed by atoms with van der Waals surface area (Å²) < 4.78 is 40.1. The minimum absolute atomic E-state index is 0.0281. The number of hydrogen-bond acceptors (Lipinski definition) is 12. The van der Waals surface area contributed by atoms with Crippen molar-refractivity contribution in [3.8, 4) is 11.1 Å². The first-order valence-electron chi connectivity index (χ1n) is 22.8. The fourth-order valence-corrected chi connectivity index (χ4v) is 7.91. The largest absolute Gasteiger partial charge is 0.444 e. The first kappa shape index (κ1) is 54.6. The number of halogens is 2. The zero-order chi connectivity index (χ0) is 50.2. The number of benzene rings is 2. The number of hydrogen-bond donors (Lipinski definition) is 8. The molecule has 2 unspecified atom stereocenters. The molecule has 0 radical (unpaired) electrons. The number of likely N-dealkylation sites (tertiary alicyclic amines) is 1. The van der Waals surface area contributed by atoms with Crippen LogP contribution in [0.3, 0.4) is 0 Å². The summed E-state index contributed by atoms with van der Waals surface area (Å²) in [5.41, 5.74) is 5.08. The van der Waals surface area contributed by atoms with Gasteiger partial charge in [-0.15, -0.1) is 0 Å². The monoisotopic (exact) mass is 966 g/mol. The molecule has 1 aliphatic carbocycles. The lowest BCUT2D eigenvalue weighted by Crippen LogP contribution is -2.58. The second kappa shape index (κ2) is 24.8. The van der Waals surface area contributed by atoms with Gasteiger partial charge in [-0.1, -0.05) is 50.5 Å². The highest BCUT2D eigenvalue weighted by atomic mass is 32.1. The number of alkyl carbamates (subject to hydrolysis) is 1. The number of hydrazone groups is 1. The number of piperidine rings is 1. The first-order valence-corrected chi connectivity index (χ1v) is 23.3. The molecule has 0 spiro atoms. The third-order valence-electron chi connectivity index (χ3n) is 11.5. The number of amides is 5. The van der Waals surface area contributed by atoms with Crippen molar-refractivity contribution in [2.75, 3.05) is 25.0 Å². The SMILES string of the molecule is CC(C)(C)OC(=O)NCC1CCCCC1.CCC(S)C(C)(C)OC(=O)N1CC(NC(=O)c2cc(C)c(-c3ccc(C[C@H](NC=O)C(=O)Nc4ccc(/C(=N/N)NN)cc4)cc3)cn2)CC(F)(F)C1. The van der Waals surface area contributed by atoms with Gasteiger partial charge in [0.1, 0.15) is 22.9 Å². The molecular weight excluding hydrogens is 899 g/mol. The van der Waals surface area contributed by atoms with E-state index < -0.39 is 60.1 Å². The van der Waals surface area contributed by atoms with Crippen LogP contribution >= 0.6 is 12.6 Å². The van der Waals surface area contributed by atoms with Crippen molar-refractivity contribution in [2.45, 2.75) is 134 Å². The zero-order valence-electron chi connectivity index (χ0n) is 40.0. The van der Waals surface area contributed by atoms with Crippen LogP contribution in [0.1, 0.15) is 114 Å². The van der Waals surface area contributed by atoms with E-state index in [0.29, 0.717) is 35.6 Å². The van der Waals surface area contributed by atoms with Gasteiger partial charge >= 0.3 is 12.2 Å². The Morgan fingerprint density at radius 1 is 1.01 bits per heavy atom. The Hall–Kier alpha value is -6.02. The van der Waals surface area contributed by atoms with Crippen LogP contribution in [0, 0.1) is 12.8 Å². The van der Waals surface area contributed by atoms with Crippen LogP contribution < -0.4 is 38.4 Å². The van der Waals surface area contributed by atoms with Crippen molar-refractivity contribution in [1.82, 2.24) is 31.3 Å². The third kappa shape index (κ3) is 16.9. The molecule has 68 heavy (non-hydrogen) atoms. The predicted octanol–water partition coefficient (Wildman–Crippen LogP) is 6.59. The number of nitrogens with two attached hydrogens (primary N) is 2. The van der Waals surface area contributed by atoms with Crippen LogP contribution in [0.4, 0.5) is 24.1 Å². The molecular formula is C48H68F2N10O7S. The van der Waals surface area contributed by atoms with Crippen LogP contribution in [0.2, 0.25) is 0 Å². The van der Waals surface area contributed by atoms with E-state index in [4.69, 9.17) is 21.2 Å². The summed E-state index contributed by atoms with van der Waals surface area (Å²) in [5.74, 6) is 7.28. The molecule has 9 N–H and O–H groups in total. The van der Waals surface area contributed by atoms with Crippen molar-refractivity contribution in [3.63, 3.8) is 0 Å². The van der Waals surface area contributed by atoms with E-state index in [-0.39, 0.29) is 35.8 Å². The van der Waals surface area contributed by atoms with Gasteiger partial charge in [0.05, 0.1) is 12.6 Å². The van der Waals surface area contributed by atoms with E-state index in [0.717, 1.165) is 28.1 Å². The fraction of sp³-hybridized carbons (Fsp3) is 0.521. The maximum atomic E-state index is 14.7. The number of thiol groups is 1. The molecule has 1 aromatic heterocycles. The smallest absolute Gasteiger partial charge is 0.410 e. The Kier molecular flexibility index (Phi) is 19.9. The van der Waals surface area contributed by atoms with Crippen LogP contribution in [0.15, 0.2) is 65.9 Å². The van der Waals surface area contributed by atoms with Crippen LogP contribution in [0.5, 0.6) is 0 Å². The number of ether oxygens (including phenoxy) is 2. The lowest BCUT2D eigenvalue weighted by Gasteiger charge is -2.39. The number of anilines is 1. The molecule has 17 nitrogen and oxygen atoms in total. The van der Waals surface area contributed by atoms with E-state index in [1.807, 2.05) is 52.0 Å². The van der Waals surface area contributed by atoms with Crippen molar-refractivity contribution >= 4 is 54.6 Å². The average molecular weight is 967 g/mol. The number of rotatable bonds is 15. The Bertz CT molecular complexity index is 2200. The molecule has 3 atom stereocenters. The van der Waals surface area contributed by atoms with Gasteiger partial charge in [0.25, 0.3) is 11.8 Å². The van der Waals surface area contributed by atoms with Gasteiger partial charge in [-0.05, 0) is 114 Å². The van der Waals surface area contributed by atoms with Crippen molar-refractivity contribution < 1.29 is 42.2 Å². The lowest BCUT2D eigenvalue weighted by atomic mass is 9.89. The maximum Gasteiger partial charge on any atom is 0.410 e. The van der Waals surface area contributed by atoms with Crippen molar-refractivity contribution in [2.24, 2.45) is 22.7 Å². The Morgan fingerprint density at radius 2 is 1.68 bits per heavy atom. The topological polar surface area (TPSA) is 244 Å². The number of aromatic nitrogens is 1. The van der Waals surface area contributed by atoms with Crippen LogP contribution in [0.25, 0.3) is 11.1 Å². The molecule has 1 aliphatic heterocycles. The molecule has 2 aliphatic rings. The van der Waals surface area contributed by atoms with Crippen molar-refractivity contribution in [3.05, 3.63) is 83.2 Å². The van der Waals surface area contributed by atoms with Gasteiger partial charge in [0, 0.05) is 54.2 Å². The number of alkyl halides is 2. The molecule has 5 rings (SSSR count). The maximum absolute atomic E-state index is 14.7. The third-order valence-corrected chi connectivity index (χ3v) is 12.5. The number of hydrazine groups is 1. The Balaban J connectivity index is 0.000000570. The summed E-state index contributed by atoms with van der Waals surface area (Å²) in [5, 5.41) is 14.0. The minimum atomic E-state index is -3.24. The van der Waals surface area contributed by atoms with E-state index in [1.54, 1.807) is 51.1 Å². The molecule has 0 bridgehead atoms. The molecule has 5 amide bonds. The van der Waals surface area contributed by atoms with Gasteiger partial charge in [0.2, 0.25) is 12.3 Å².